The van der Waals surface area contributed by atoms with Crippen LogP contribution in [0.1, 0.15) is 32.8 Å². The Morgan fingerprint density at radius 1 is 1.11 bits per heavy atom. The third-order valence-corrected chi connectivity index (χ3v) is 5.04. The molecule has 1 aliphatic heterocycles. The number of piperazine rings is 1. The highest BCUT2D eigenvalue weighted by Crippen LogP contribution is 2.22. The fraction of sp³-hybridized carbons (Fsp3) is 0.435. The minimum absolute atomic E-state index is 0.175. The van der Waals surface area contributed by atoms with E-state index in [-0.39, 0.29) is 11.8 Å². The Bertz CT molecular complexity index is 767. The first-order valence-corrected chi connectivity index (χ1v) is 10.2. The Kier molecular flexibility index (Phi) is 6.93. The molecular weight excluding hydrogens is 348 g/mol. The SMILES string of the molecule is CC(CCc1ccccc1)N=C(Nc1ccccc1O)N1CC(C)NC(C)C1. The van der Waals surface area contributed by atoms with Crippen LogP contribution >= 0.6 is 0 Å². The van der Waals surface area contributed by atoms with Gasteiger partial charge < -0.3 is 20.6 Å². The first-order valence-electron chi connectivity index (χ1n) is 10.2. The van der Waals surface area contributed by atoms with Gasteiger partial charge in [-0.2, -0.15) is 0 Å². The van der Waals surface area contributed by atoms with Gasteiger partial charge in [0.15, 0.2) is 5.96 Å². The van der Waals surface area contributed by atoms with Crippen molar-refractivity contribution in [2.45, 2.75) is 51.7 Å². The molecule has 2 aromatic rings. The van der Waals surface area contributed by atoms with Crippen LogP contribution in [0.5, 0.6) is 5.75 Å². The molecule has 3 N–H and O–H groups in total. The lowest BCUT2D eigenvalue weighted by atomic mass is 10.1. The number of benzene rings is 2. The average Bonchev–Trinajstić information content (AvgIpc) is 2.67. The molecule has 3 atom stereocenters. The zero-order valence-corrected chi connectivity index (χ0v) is 17.1. The Hall–Kier alpha value is -2.53. The lowest BCUT2D eigenvalue weighted by Crippen LogP contribution is -2.57. The van der Waals surface area contributed by atoms with Gasteiger partial charge in [-0.1, -0.05) is 42.5 Å². The molecule has 3 unspecified atom stereocenters. The summed E-state index contributed by atoms with van der Waals surface area (Å²) in [5.41, 5.74) is 2.03. The van der Waals surface area contributed by atoms with E-state index in [1.54, 1.807) is 6.07 Å². The zero-order chi connectivity index (χ0) is 19.9. The van der Waals surface area contributed by atoms with Crippen molar-refractivity contribution >= 4 is 11.6 Å². The number of phenolic OH excluding ortho intramolecular Hbond substituents is 1. The lowest BCUT2D eigenvalue weighted by Gasteiger charge is -2.38. The molecule has 1 heterocycles. The zero-order valence-electron chi connectivity index (χ0n) is 17.1. The summed E-state index contributed by atoms with van der Waals surface area (Å²) in [5, 5.41) is 17.2. The van der Waals surface area contributed by atoms with Gasteiger partial charge in [0.2, 0.25) is 0 Å². The van der Waals surface area contributed by atoms with E-state index in [1.165, 1.54) is 5.56 Å². The lowest BCUT2D eigenvalue weighted by molar-refractivity contribution is 0.253. The Labute approximate surface area is 168 Å². The van der Waals surface area contributed by atoms with Crippen molar-refractivity contribution in [3.63, 3.8) is 0 Å². The first kappa shape index (κ1) is 20.2. The van der Waals surface area contributed by atoms with Crippen LogP contribution in [0.25, 0.3) is 0 Å². The number of aryl methyl sites for hydroxylation is 1. The van der Waals surface area contributed by atoms with Crippen LogP contribution in [-0.2, 0) is 6.42 Å². The van der Waals surface area contributed by atoms with Gasteiger partial charge in [-0.3, -0.25) is 0 Å². The summed E-state index contributed by atoms with van der Waals surface area (Å²) in [6.07, 6.45) is 1.98. The fourth-order valence-corrected chi connectivity index (χ4v) is 3.69. The van der Waals surface area contributed by atoms with Crippen molar-refractivity contribution in [3.05, 3.63) is 60.2 Å². The Morgan fingerprint density at radius 3 is 2.43 bits per heavy atom. The number of aliphatic imine (C=N–C) groups is 1. The van der Waals surface area contributed by atoms with Crippen LogP contribution in [0.15, 0.2) is 59.6 Å². The van der Waals surface area contributed by atoms with E-state index in [4.69, 9.17) is 4.99 Å². The predicted octanol–water partition coefficient (Wildman–Crippen LogP) is 3.86. The number of phenols is 1. The molecule has 1 fully saturated rings. The highest BCUT2D eigenvalue weighted by atomic mass is 16.3. The molecular formula is C23H32N4O. The van der Waals surface area contributed by atoms with E-state index >= 15 is 0 Å². The van der Waals surface area contributed by atoms with Gasteiger partial charge in [0, 0.05) is 25.2 Å². The number of rotatable bonds is 5. The molecule has 1 aliphatic rings. The summed E-state index contributed by atoms with van der Waals surface area (Å²) < 4.78 is 0. The molecule has 3 rings (SSSR count). The van der Waals surface area contributed by atoms with Gasteiger partial charge in [-0.25, -0.2) is 4.99 Å². The highest BCUT2D eigenvalue weighted by Gasteiger charge is 2.24. The molecule has 0 aromatic heterocycles. The van der Waals surface area contributed by atoms with E-state index in [0.717, 1.165) is 31.9 Å². The number of anilines is 1. The van der Waals surface area contributed by atoms with Crippen LogP contribution in [0.4, 0.5) is 5.69 Å². The minimum Gasteiger partial charge on any atom is -0.506 e. The van der Waals surface area contributed by atoms with Crippen LogP contribution in [0, 0.1) is 0 Å². The van der Waals surface area contributed by atoms with Gasteiger partial charge >= 0.3 is 0 Å². The van der Waals surface area contributed by atoms with E-state index in [9.17, 15) is 5.11 Å². The van der Waals surface area contributed by atoms with Crippen LogP contribution in [-0.4, -0.2) is 47.2 Å². The molecule has 5 heteroatoms. The molecule has 28 heavy (non-hydrogen) atoms. The van der Waals surface area contributed by atoms with Crippen molar-refractivity contribution < 1.29 is 5.11 Å². The maximum absolute atomic E-state index is 10.2. The summed E-state index contributed by atoms with van der Waals surface area (Å²) in [6, 6.07) is 18.8. The van der Waals surface area contributed by atoms with Crippen molar-refractivity contribution in [3.8, 4) is 5.75 Å². The van der Waals surface area contributed by atoms with Crippen LogP contribution in [0.2, 0.25) is 0 Å². The maximum Gasteiger partial charge on any atom is 0.198 e. The topological polar surface area (TPSA) is 59.9 Å². The largest absolute Gasteiger partial charge is 0.506 e. The molecule has 2 aromatic carbocycles. The molecule has 0 saturated carbocycles. The molecule has 1 saturated heterocycles. The average molecular weight is 381 g/mol. The summed E-state index contributed by atoms with van der Waals surface area (Å²) >= 11 is 0. The number of nitrogens with one attached hydrogen (secondary N) is 2. The Morgan fingerprint density at radius 2 is 1.75 bits per heavy atom. The monoisotopic (exact) mass is 380 g/mol. The third-order valence-electron chi connectivity index (χ3n) is 5.04. The maximum atomic E-state index is 10.2. The van der Waals surface area contributed by atoms with Gasteiger partial charge in [0.05, 0.1) is 11.7 Å². The quantitative estimate of drug-likeness (QED) is 0.419. The summed E-state index contributed by atoms with van der Waals surface area (Å²) in [6.45, 7) is 8.31. The standard InChI is InChI=1S/C23H32N4O/c1-17(13-14-20-9-5-4-6-10-20)25-23(26-21-11-7-8-12-22(21)28)27-15-18(2)24-19(3)16-27/h4-12,17-19,24,28H,13-16H2,1-3H3,(H,25,26). The molecule has 5 nitrogen and oxygen atoms in total. The van der Waals surface area contributed by atoms with E-state index in [2.05, 4.69) is 60.6 Å². The fourth-order valence-electron chi connectivity index (χ4n) is 3.69. The first-order chi connectivity index (χ1) is 13.5. The number of guanidine groups is 1. The van der Waals surface area contributed by atoms with Crippen molar-refractivity contribution in [2.24, 2.45) is 4.99 Å². The van der Waals surface area contributed by atoms with Gasteiger partial charge in [-0.15, -0.1) is 0 Å². The summed E-state index contributed by atoms with van der Waals surface area (Å²) in [4.78, 5) is 7.30. The normalized spacial score (nSPS) is 21.4. The van der Waals surface area contributed by atoms with Gasteiger partial charge in [0.1, 0.15) is 5.75 Å². The number of para-hydroxylation sites is 2. The molecule has 150 valence electrons. The summed E-state index contributed by atoms with van der Waals surface area (Å²) in [5.74, 6) is 1.07. The number of hydrogen-bond donors (Lipinski definition) is 3. The second kappa shape index (κ2) is 9.60. The minimum atomic E-state index is 0.175. The third kappa shape index (κ3) is 5.73. The molecule has 0 radical (unpaired) electrons. The van der Waals surface area contributed by atoms with Crippen molar-refractivity contribution in [1.82, 2.24) is 10.2 Å². The number of hydrogen-bond acceptors (Lipinski definition) is 3. The molecule has 0 amide bonds. The molecule has 0 spiro atoms. The predicted molar refractivity (Wildman–Crippen MR) is 117 cm³/mol. The summed E-state index contributed by atoms with van der Waals surface area (Å²) in [7, 11) is 0. The van der Waals surface area contributed by atoms with Gasteiger partial charge in [-0.05, 0) is 51.3 Å². The molecule has 0 aliphatic carbocycles. The van der Waals surface area contributed by atoms with Crippen LogP contribution < -0.4 is 10.6 Å². The number of nitrogens with zero attached hydrogens (tertiary/aromatic N) is 2. The van der Waals surface area contributed by atoms with Crippen molar-refractivity contribution in [2.75, 3.05) is 18.4 Å². The second-order valence-corrected chi connectivity index (χ2v) is 7.84. The van der Waals surface area contributed by atoms with Crippen LogP contribution in [0.3, 0.4) is 0 Å². The van der Waals surface area contributed by atoms with E-state index < -0.39 is 0 Å². The highest BCUT2D eigenvalue weighted by molar-refractivity contribution is 5.95. The van der Waals surface area contributed by atoms with Crippen molar-refractivity contribution in [1.29, 1.82) is 0 Å². The number of aromatic hydroxyl groups is 1. The molecule has 0 bridgehead atoms. The van der Waals surface area contributed by atoms with Gasteiger partial charge in [0.25, 0.3) is 0 Å². The second-order valence-electron chi connectivity index (χ2n) is 7.84. The van der Waals surface area contributed by atoms with E-state index in [0.29, 0.717) is 17.8 Å². The smallest absolute Gasteiger partial charge is 0.198 e. The van der Waals surface area contributed by atoms with E-state index in [1.807, 2.05) is 24.3 Å². The Balaban J connectivity index is 1.76.